The molecule has 1 saturated heterocycles. The number of fused-ring (bicyclic) bond motifs is 1. The van der Waals surface area contributed by atoms with E-state index in [1.54, 1.807) is 12.3 Å². The minimum atomic E-state index is -0.227. The van der Waals surface area contributed by atoms with E-state index in [-0.39, 0.29) is 17.4 Å². The quantitative estimate of drug-likeness (QED) is 0.543. The molecule has 1 aliphatic heterocycles. The highest BCUT2D eigenvalue weighted by Gasteiger charge is 2.27. The average molecular weight is 395 g/mol. The highest BCUT2D eigenvalue weighted by molar-refractivity contribution is 7.17. The number of aromatic amines is 1. The molecule has 1 fully saturated rings. The van der Waals surface area contributed by atoms with Gasteiger partial charge in [0.05, 0.1) is 18.2 Å². The summed E-state index contributed by atoms with van der Waals surface area (Å²) in [6.45, 7) is 1.48. The van der Waals surface area contributed by atoms with Gasteiger partial charge < -0.3 is 9.40 Å². The van der Waals surface area contributed by atoms with Crippen molar-refractivity contribution in [2.75, 3.05) is 6.54 Å². The van der Waals surface area contributed by atoms with E-state index in [9.17, 15) is 9.18 Å². The Labute approximate surface area is 164 Å². The summed E-state index contributed by atoms with van der Waals surface area (Å²) >= 11 is 1.45. The molecule has 1 atom stereocenters. The number of rotatable bonds is 4. The van der Waals surface area contributed by atoms with E-state index in [0.717, 1.165) is 30.5 Å². The highest BCUT2D eigenvalue weighted by atomic mass is 32.1. The van der Waals surface area contributed by atoms with Crippen LogP contribution in [0, 0.1) is 5.82 Å². The Balaban J connectivity index is 1.45. The first-order valence-electron chi connectivity index (χ1n) is 9.23. The van der Waals surface area contributed by atoms with Crippen molar-refractivity contribution in [2.45, 2.75) is 25.4 Å². The lowest BCUT2D eigenvalue weighted by Gasteiger charge is -2.24. The Bertz CT molecular complexity index is 1160. The minimum absolute atomic E-state index is 0.148. The summed E-state index contributed by atoms with van der Waals surface area (Å²) in [7, 11) is 0. The molecule has 1 N–H and O–H groups in total. The maximum atomic E-state index is 13.2. The Kier molecular flexibility index (Phi) is 4.33. The Hall–Kier alpha value is -2.77. The van der Waals surface area contributed by atoms with Crippen LogP contribution in [-0.2, 0) is 6.54 Å². The molecule has 3 aromatic heterocycles. The molecule has 5 nitrogen and oxygen atoms in total. The SMILES string of the molecule is O=c1[nH]c(CN2CCC[C@H]2c2ccc(F)cc2)nc2scc(-c3ccco3)c12. The molecule has 0 bridgehead atoms. The van der Waals surface area contributed by atoms with Crippen LogP contribution < -0.4 is 5.56 Å². The lowest BCUT2D eigenvalue weighted by Crippen LogP contribution is -2.25. The highest BCUT2D eigenvalue weighted by Crippen LogP contribution is 2.34. The van der Waals surface area contributed by atoms with Gasteiger partial charge in [0.1, 0.15) is 22.2 Å². The maximum absolute atomic E-state index is 13.2. The molecule has 0 unspecified atom stereocenters. The van der Waals surface area contributed by atoms with E-state index in [0.29, 0.717) is 28.3 Å². The molecule has 0 radical (unpaired) electrons. The number of thiophene rings is 1. The van der Waals surface area contributed by atoms with Gasteiger partial charge in [-0.2, -0.15) is 0 Å². The van der Waals surface area contributed by atoms with Crippen molar-refractivity contribution in [3.8, 4) is 11.3 Å². The zero-order valence-corrected chi connectivity index (χ0v) is 15.8. The average Bonchev–Trinajstić information content (AvgIpc) is 3.42. The van der Waals surface area contributed by atoms with Crippen LogP contribution in [0.1, 0.15) is 30.3 Å². The van der Waals surface area contributed by atoms with Gasteiger partial charge in [-0.1, -0.05) is 12.1 Å². The van der Waals surface area contributed by atoms with Gasteiger partial charge in [0, 0.05) is 17.0 Å². The standard InChI is InChI=1S/C21H18FN3O2S/c22-14-7-5-13(6-8-14)16-3-1-9-25(16)11-18-23-20(26)19-15(12-28-21(19)24-18)17-4-2-10-27-17/h2,4-8,10,12,16H,1,3,9,11H2,(H,23,24,26)/t16-/m0/s1. The fourth-order valence-electron chi connectivity index (χ4n) is 3.95. The van der Waals surface area contributed by atoms with Crippen LogP contribution in [0.25, 0.3) is 21.5 Å². The van der Waals surface area contributed by atoms with E-state index >= 15 is 0 Å². The third-order valence-corrected chi connectivity index (χ3v) is 6.12. The predicted octanol–water partition coefficient (Wildman–Crippen LogP) is 4.72. The molecular weight excluding hydrogens is 377 g/mol. The third kappa shape index (κ3) is 3.06. The fourth-order valence-corrected chi connectivity index (χ4v) is 4.90. The zero-order chi connectivity index (χ0) is 19.1. The lowest BCUT2D eigenvalue weighted by atomic mass is 10.0. The Morgan fingerprint density at radius 3 is 2.93 bits per heavy atom. The van der Waals surface area contributed by atoms with Gasteiger partial charge in [-0.3, -0.25) is 9.69 Å². The fraction of sp³-hybridized carbons (Fsp3) is 0.238. The number of nitrogens with zero attached hydrogens (tertiary/aromatic N) is 2. The number of hydrogen-bond donors (Lipinski definition) is 1. The topological polar surface area (TPSA) is 62.1 Å². The van der Waals surface area contributed by atoms with Gasteiger partial charge in [-0.15, -0.1) is 11.3 Å². The number of aromatic nitrogens is 2. The molecule has 0 saturated carbocycles. The Morgan fingerprint density at radius 1 is 1.29 bits per heavy atom. The first-order chi connectivity index (χ1) is 13.7. The number of nitrogens with one attached hydrogen (secondary N) is 1. The molecule has 0 amide bonds. The number of furan rings is 1. The second-order valence-corrected chi connectivity index (χ2v) is 7.86. The molecule has 5 rings (SSSR count). The van der Waals surface area contributed by atoms with Crippen molar-refractivity contribution in [1.29, 1.82) is 0 Å². The summed E-state index contributed by atoms with van der Waals surface area (Å²) in [5, 5.41) is 2.48. The molecule has 28 heavy (non-hydrogen) atoms. The van der Waals surface area contributed by atoms with Crippen LogP contribution in [0.15, 0.2) is 57.3 Å². The van der Waals surface area contributed by atoms with Crippen molar-refractivity contribution in [3.05, 3.63) is 75.6 Å². The second kappa shape index (κ2) is 7.00. The molecule has 4 heterocycles. The van der Waals surface area contributed by atoms with Crippen LogP contribution in [0.3, 0.4) is 0 Å². The van der Waals surface area contributed by atoms with Crippen LogP contribution in [0.2, 0.25) is 0 Å². The largest absolute Gasteiger partial charge is 0.464 e. The summed E-state index contributed by atoms with van der Waals surface area (Å²) < 4.78 is 18.7. The van der Waals surface area contributed by atoms with Crippen molar-refractivity contribution < 1.29 is 8.81 Å². The number of hydrogen-bond acceptors (Lipinski definition) is 5. The number of likely N-dealkylation sites (tertiary alicyclic amines) is 1. The van der Waals surface area contributed by atoms with Crippen LogP contribution in [0.5, 0.6) is 0 Å². The van der Waals surface area contributed by atoms with Gasteiger partial charge in [0.25, 0.3) is 5.56 Å². The summed E-state index contributed by atoms with van der Waals surface area (Å²) in [6, 6.07) is 10.5. The summed E-state index contributed by atoms with van der Waals surface area (Å²) in [5.74, 6) is 1.09. The number of benzene rings is 1. The van der Waals surface area contributed by atoms with Crippen molar-refractivity contribution in [1.82, 2.24) is 14.9 Å². The van der Waals surface area contributed by atoms with Gasteiger partial charge in [-0.25, -0.2) is 9.37 Å². The van der Waals surface area contributed by atoms with Crippen LogP contribution >= 0.6 is 11.3 Å². The Morgan fingerprint density at radius 2 is 2.14 bits per heavy atom. The molecule has 1 aliphatic rings. The lowest BCUT2D eigenvalue weighted by molar-refractivity contribution is 0.242. The number of H-pyrrole nitrogens is 1. The van der Waals surface area contributed by atoms with E-state index in [1.165, 1.54) is 23.5 Å². The summed E-state index contributed by atoms with van der Waals surface area (Å²) in [5.41, 5.74) is 1.72. The smallest absolute Gasteiger partial charge is 0.260 e. The van der Waals surface area contributed by atoms with Gasteiger partial charge >= 0.3 is 0 Å². The van der Waals surface area contributed by atoms with Gasteiger partial charge in [0.15, 0.2) is 0 Å². The van der Waals surface area contributed by atoms with Crippen LogP contribution in [-0.4, -0.2) is 21.4 Å². The molecule has 4 aromatic rings. The molecular formula is C21H18FN3O2S. The van der Waals surface area contributed by atoms with E-state index in [2.05, 4.69) is 9.88 Å². The maximum Gasteiger partial charge on any atom is 0.260 e. The predicted molar refractivity (Wildman–Crippen MR) is 107 cm³/mol. The molecule has 142 valence electrons. The molecule has 1 aromatic carbocycles. The van der Waals surface area contributed by atoms with Crippen LogP contribution in [0.4, 0.5) is 4.39 Å². The number of halogens is 1. The van der Waals surface area contributed by atoms with Gasteiger partial charge in [0.2, 0.25) is 0 Å². The van der Waals surface area contributed by atoms with E-state index < -0.39 is 0 Å². The first kappa shape index (κ1) is 17.3. The van der Waals surface area contributed by atoms with Crippen molar-refractivity contribution in [2.24, 2.45) is 0 Å². The monoisotopic (exact) mass is 395 g/mol. The zero-order valence-electron chi connectivity index (χ0n) is 15.0. The summed E-state index contributed by atoms with van der Waals surface area (Å²) in [6.07, 6.45) is 3.67. The van der Waals surface area contributed by atoms with Crippen molar-refractivity contribution >= 4 is 21.6 Å². The normalized spacial score (nSPS) is 17.5. The second-order valence-electron chi connectivity index (χ2n) is 7.00. The molecule has 0 aliphatic carbocycles. The van der Waals surface area contributed by atoms with Gasteiger partial charge in [-0.05, 0) is 49.2 Å². The third-order valence-electron chi connectivity index (χ3n) is 5.25. The minimum Gasteiger partial charge on any atom is -0.464 e. The molecule has 0 spiro atoms. The van der Waals surface area contributed by atoms with Crippen molar-refractivity contribution in [3.63, 3.8) is 0 Å². The van der Waals surface area contributed by atoms with E-state index in [4.69, 9.17) is 9.40 Å². The first-order valence-corrected chi connectivity index (χ1v) is 10.1. The van der Waals surface area contributed by atoms with E-state index in [1.807, 2.05) is 23.6 Å². The summed E-state index contributed by atoms with van der Waals surface area (Å²) in [4.78, 5) is 23.4. The molecule has 7 heteroatoms.